The molecule has 0 spiro atoms. The maximum atomic E-state index is 12.1. The van der Waals surface area contributed by atoms with Gasteiger partial charge >= 0.3 is 0 Å². The van der Waals surface area contributed by atoms with Gasteiger partial charge in [-0.2, -0.15) is 5.10 Å². The van der Waals surface area contributed by atoms with E-state index in [0.717, 1.165) is 19.3 Å². The molecule has 1 N–H and O–H groups in total. The summed E-state index contributed by atoms with van der Waals surface area (Å²) >= 11 is 3.37. The van der Waals surface area contributed by atoms with E-state index < -0.39 is 10.0 Å². The lowest BCUT2D eigenvalue weighted by atomic mass is 9.80. The van der Waals surface area contributed by atoms with E-state index in [4.69, 9.17) is 0 Å². The fraction of sp³-hybridized carbons (Fsp3) is 0.667. The van der Waals surface area contributed by atoms with Crippen molar-refractivity contribution >= 4 is 26.0 Å². The van der Waals surface area contributed by atoms with Crippen LogP contribution in [0.25, 0.3) is 0 Å². The highest BCUT2D eigenvalue weighted by Crippen LogP contribution is 2.34. The van der Waals surface area contributed by atoms with Crippen LogP contribution in [0.5, 0.6) is 0 Å². The minimum absolute atomic E-state index is 0.208. The van der Waals surface area contributed by atoms with Crippen molar-refractivity contribution in [1.82, 2.24) is 14.5 Å². The summed E-state index contributed by atoms with van der Waals surface area (Å²) in [6.07, 6.45) is 4.32. The maximum absolute atomic E-state index is 12.1. The molecule has 0 saturated heterocycles. The van der Waals surface area contributed by atoms with Gasteiger partial charge in [0.1, 0.15) is 0 Å². The summed E-state index contributed by atoms with van der Waals surface area (Å²) in [5, 5.41) is 4.73. The van der Waals surface area contributed by atoms with Crippen LogP contribution in [0.2, 0.25) is 0 Å². The minimum Gasteiger partial charge on any atom is -0.256 e. The number of nitrogens with one attached hydrogen (secondary N) is 1. The molecule has 2 rings (SSSR count). The molecule has 0 atom stereocenters. The number of alkyl halides is 1. The van der Waals surface area contributed by atoms with E-state index in [1.807, 2.05) is 0 Å². The molecular formula is C9H14BrN3O2S. The smallest absolute Gasteiger partial charge is 0.256 e. The number of halogens is 1. The van der Waals surface area contributed by atoms with E-state index in [0.29, 0.717) is 5.33 Å². The number of aryl methyl sites for hydroxylation is 1. The van der Waals surface area contributed by atoms with Crippen LogP contribution in [-0.4, -0.2) is 29.1 Å². The monoisotopic (exact) mass is 307 g/mol. The number of aromatic nitrogens is 2. The molecule has 1 heterocycles. The van der Waals surface area contributed by atoms with Gasteiger partial charge in [-0.15, -0.1) is 0 Å². The Kier molecular flexibility index (Phi) is 3.11. The summed E-state index contributed by atoms with van der Waals surface area (Å²) in [6.45, 7) is 0. The van der Waals surface area contributed by atoms with Gasteiger partial charge in [-0.1, -0.05) is 15.9 Å². The van der Waals surface area contributed by atoms with Gasteiger partial charge in [0.05, 0.1) is 6.20 Å². The molecule has 1 aliphatic carbocycles. The first-order chi connectivity index (χ1) is 7.49. The molecule has 90 valence electrons. The third-order valence-corrected chi connectivity index (χ3v) is 5.69. The van der Waals surface area contributed by atoms with Crippen LogP contribution in [0.15, 0.2) is 17.3 Å². The summed E-state index contributed by atoms with van der Waals surface area (Å²) in [5.74, 6) is 0. The van der Waals surface area contributed by atoms with Crippen LogP contribution in [0.4, 0.5) is 0 Å². The summed E-state index contributed by atoms with van der Waals surface area (Å²) in [6, 6.07) is 1.50. The van der Waals surface area contributed by atoms with Crippen LogP contribution in [0.1, 0.15) is 19.3 Å². The summed E-state index contributed by atoms with van der Waals surface area (Å²) in [7, 11) is -1.84. The van der Waals surface area contributed by atoms with Gasteiger partial charge in [0.2, 0.25) is 0 Å². The first-order valence-corrected chi connectivity index (χ1v) is 7.68. The highest BCUT2D eigenvalue weighted by molar-refractivity contribution is 9.09. The fourth-order valence-electron chi connectivity index (χ4n) is 1.83. The number of rotatable bonds is 4. The zero-order chi connectivity index (χ0) is 11.8. The molecule has 1 fully saturated rings. The first kappa shape index (κ1) is 12.1. The van der Waals surface area contributed by atoms with Crippen molar-refractivity contribution in [2.75, 3.05) is 5.33 Å². The average Bonchev–Trinajstić information content (AvgIpc) is 2.59. The SMILES string of the molecule is Cn1nccc1S(=O)(=O)NC1(CBr)CCC1. The summed E-state index contributed by atoms with van der Waals surface area (Å²) < 4.78 is 28.3. The van der Waals surface area contributed by atoms with Crippen molar-refractivity contribution in [2.45, 2.75) is 29.8 Å². The second-order valence-electron chi connectivity index (χ2n) is 4.17. The van der Waals surface area contributed by atoms with Crippen LogP contribution in [0.3, 0.4) is 0 Å². The van der Waals surface area contributed by atoms with E-state index in [-0.39, 0.29) is 10.6 Å². The standard InChI is InChI=1S/C9H14BrN3O2S/c1-13-8(3-6-11-13)16(14,15)12-9(7-10)4-2-5-9/h3,6,12H,2,4-5,7H2,1H3. The van der Waals surface area contributed by atoms with Gasteiger partial charge in [-0.25, -0.2) is 13.1 Å². The lowest BCUT2D eigenvalue weighted by molar-refractivity contribution is 0.255. The van der Waals surface area contributed by atoms with Gasteiger partial charge in [-0.3, -0.25) is 4.68 Å². The van der Waals surface area contributed by atoms with Crippen molar-refractivity contribution in [3.8, 4) is 0 Å². The second kappa shape index (κ2) is 4.12. The van der Waals surface area contributed by atoms with Crippen LogP contribution < -0.4 is 4.72 Å². The molecule has 1 aromatic heterocycles. The Labute approximate surface area is 103 Å². The van der Waals surface area contributed by atoms with Crippen LogP contribution >= 0.6 is 15.9 Å². The molecule has 1 aromatic rings. The zero-order valence-corrected chi connectivity index (χ0v) is 11.4. The Bertz CT molecular complexity index is 473. The Morgan fingerprint density at radius 1 is 1.62 bits per heavy atom. The van der Waals surface area contributed by atoms with Gasteiger partial charge in [0.25, 0.3) is 10.0 Å². The molecular weight excluding hydrogens is 294 g/mol. The first-order valence-electron chi connectivity index (χ1n) is 5.07. The average molecular weight is 308 g/mol. The maximum Gasteiger partial charge on any atom is 0.258 e. The topological polar surface area (TPSA) is 64.0 Å². The van der Waals surface area contributed by atoms with Gasteiger partial charge in [0.15, 0.2) is 5.03 Å². The fourth-order valence-corrected chi connectivity index (χ4v) is 4.30. The van der Waals surface area contributed by atoms with Crippen molar-refractivity contribution in [3.63, 3.8) is 0 Å². The molecule has 0 aromatic carbocycles. The lowest BCUT2D eigenvalue weighted by Gasteiger charge is -2.40. The Morgan fingerprint density at radius 2 is 2.31 bits per heavy atom. The molecule has 7 heteroatoms. The minimum atomic E-state index is -3.46. The van der Waals surface area contributed by atoms with E-state index in [1.54, 1.807) is 7.05 Å². The van der Waals surface area contributed by atoms with Crippen LogP contribution in [0, 0.1) is 0 Å². The molecule has 0 radical (unpaired) electrons. The second-order valence-corrected chi connectivity index (χ2v) is 6.36. The van der Waals surface area contributed by atoms with Crippen molar-refractivity contribution < 1.29 is 8.42 Å². The molecule has 0 aliphatic heterocycles. The summed E-state index contributed by atoms with van der Waals surface area (Å²) in [4.78, 5) is 0. The zero-order valence-electron chi connectivity index (χ0n) is 8.98. The van der Waals surface area contributed by atoms with E-state index in [2.05, 4.69) is 25.8 Å². The van der Waals surface area contributed by atoms with Crippen molar-refractivity contribution in [1.29, 1.82) is 0 Å². The molecule has 0 bridgehead atoms. The molecule has 1 aliphatic rings. The van der Waals surface area contributed by atoms with Crippen molar-refractivity contribution in [2.24, 2.45) is 7.05 Å². The molecule has 0 amide bonds. The third-order valence-electron chi connectivity index (χ3n) is 2.97. The molecule has 5 nitrogen and oxygen atoms in total. The van der Waals surface area contributed by atoms with E-state index in [1.165, 1.54) is 16.9 Å². The molecule has 0 unspecified atom stereocenters. The quantitative estimate of drug-likeness (QED) is 0.845. The van der Waals surface area contributed by atoms with Gasteiger partial charge in [-0.05, 0) is 25.3 Å². The van der Waals surface area contributed by atoms with E-state index >= 15 is 0 Å². The third kappa shape index (κ3) is 2.03. The molecule has 1 saturated carbocycles. The number of hydrogen-bond acceptors (Lipinski definition) is 3. The largest absolute Gasteiger partial charge is 0.258 e. The molecule has 16 heavy (non-hydrogen) atoms. The van der Waals surface area contributed by atoms with Gasteiger partial charge in [0, 0.05) is 17.9 Å². The predicted octanol–water partition coefficient (Wildman–Crippen LogP) is 1.02. The number of nitrogens with zero attached hydrogens (tertiary/aromatic N) is 2. The Hall–Kier alpha value is -0.400. The Balaban J connectivity index is 2.24. The highest BCUT2D eigenvalue weighted by Gasteiger charge is 2.40. The number of hydrogen-bond donors (Lipinski definition) is 1. The van der Waals surface area contributed by atoms with Gasteiger partial charge < -0.3 is 0 Å². The lowest BCUT2D eigenvalue weighted by Crippen LogP contribution is -2.54. The van der Waals surface area contributed by atoms with Crippen LogP contribution in [-0.2, 0) is 17.1 Å². The number of sulfonamides is 1. The Morgan fingerprint density at radius 3 is 2.69 bits per heavy atom. The summed E-state index contributed by atoms with van der Waals surface area (Å²) in [5.41, 5.74) is -0.302. The normalized spacial score (nSPS) is 19.4. The highest BCUT2D eigenvalue weighted by atomic mass is 79.9. The predicted molar refractivity (Wildman–Crippen MR) is 63.9 cm³/mol. The van der Waals surface area contributed by atoms with E-state index in [9.17, 15) is 8.42 Å². The van der Waals surface area contributed by atoms with Crippen molar-refractivity contribution in [3.05, 3.63) is 12.3 Å².